The van der Waals surface area contributed by atoms with Crippen LogP contribution in [-0.4, -0.2) is 22.3 Å². The van der Waals surface area contributed by atoms with E-state index in [0.29, 0.717) is 36.4 Å². The minimum absolute atomic E-state index is 0.0415. The van der Waals surface area contributed by atoms with Crippen LogP contribution in [0.5, 0.6) is 0 Å². The van der Waals surface area contributed by atoms with Crippen LogP contribution in [0, 0.1) is 6.92 Å². The summed E-state index contributed by atoms with van der Waals surface area (Å²) in [6.45, 7) is 2.24. The molecule has 4 aromatic rings. The molecule has 1 aliphatic carbocycles. The Kier molecular flexibility index (Phi) is 6.29. The van der Waals surface area contributed by atoms with Crippen molar-refractivity contribution in [2.75, 3.05) is 0 Å². The van der Waals surface area contributed by atoms with Crippen molar-refractivity contribution in [2.24, 2.45) is 0 Å². The summed E-state index contributed by atoms with van der Waals surface area (Å²) in [5.41, 5.74) is 5.33. The van der Waals surface area contributed by atoms with Gasteiger partial charge in [-0.1, -0.05) is 84.0 Å². The van der Waals surface area contributed by atoms with Gasteiger partial charge in [0.25, 0.3) is 0 Å². The first-order valence-electron chi connectivity index (χ1n) is 11.8. The summed E-state index contributed by atoms with van der Waals surface area (Å²) in [6.07, 6.45) is 0.863. The minimum Gasteiger partial charge on any atom is -0.481 e. The van der Waals surface area contributed by atoms with Crippen molar-refractivity contribution in [3.8, 4) is 22.5 Å². The number of rotatable bonds is 8. The number of aromatic nitrogens is 1. The highest BCUT2D eigenvalue weighted by Crippen LogP contribution is 2.48. The van der Waals surface area contributed by atoms with Gasteiger partial charge in [0.05, 0.1) is 16.7 Å². The Bertz CT molecular complexity index is 1370. The zero-order chi connectivity index (χ0) is 25.1. The number of alkyl carbamates (subject to hydrolysis) is 1. The van der Waals surface area contributed by atoms with Crippen LogP contribution in [0.3, 0.4) is 0 Å². The van der Waals surface area contributed by atoms with E-state index >= 15 is 0 Å². The molecular formula is C29H26N2O5. The third kappa shape index (κ3) is 4.73. The molecular weight excluding hydrogens is 456 g/mol. The minimum atomic E-state index is -0.754. The number of carboxylic acid groups (broad SMARTS) is 1. The molecule has 0 saturated heterocycles. The van der Waals surface area contributed by atoms with Crippen molar-refractivity contribution in [1.29, 1.82) is 0 Å². The van der Waals surface area contributed by atoms with Crippen molar-refractivity contribution >= 4 is 12.1 Å². The smallest absolute Gasteiger partial charge is 0.407 e. The first-order valence-corrected chi connectivity index (χ1v) is 11.8. The van der Waals surface area contributed by atoms with Gasteiger partial charge >= 0.3 is 12.1 Å². The summed E-state index contributed by atoms with van der Waals surface area (Å²) in [6, 6.07) is 25.2. The number of benzene rings is 3. The summed E-state index contributed by atoms with van der Waals surface area (Å²) in [4.78, 5) is 23.8. The number of carbonyl (C=O) groups excluding carboxylic acids is 1. The normalized spacial score (nSPS) is 13.7. The fourth-order valence-electron chi connectivity index (χ4n) is 4.29. The van der Waals surface area contributed by atoms with Crippen molar-refractivity contribution in [2.45, 2.75) is 38.3 Å². The molecule has 1 aromatic heterocycles. The average Bonchev–Trinajstić information content (AvgIpc) is 3.65. The molecule has 0 bridgehead atoms. The van der Waals surface area contributed by atoms with Crippen LogP contribution in [0.4, 0.5) is 4.79 Å². The number of hydrogen-bond donors (Lipinski definition) is 2. The van der Waals surface area contributed by atoms with E-state index in [0.717, 1.165) is 27.8 Å². The van der Waals surface area contributed by atoms with Crippen LogP contribution in [0.1, 0.15) is 35.2 Å². The van der Waals surface area contributed by atoms with Gasteiger partial charge in [-0.25, -0.2) is 4.79 Å². The lowest BCUT2D eigenvalue weighted by atomic mass is 9.93. The molecule has 0 unspecified atom stereocenters. The molecule has 1 saturated carbocycles. The molecule has 0 aliphatic heterocycles. The number of carbonyl (C=O) groups is 2. The maximum absolute atomic E-state index is 12.2. The van der Waals surface area contributed by atoms with Crippen LogP contribution in [0.15, 0.2) is 83.4 Å². The lowest BCUT2D eigenvalue weighted by Crippen LogP contribution is -2.23. The Morgan fingerprint density at radius 3 is 2.17 bits per heavy atom. The Morgan fingerprint density at radius 1 is 0.944 bits per heavy atom. The predicted molar refractivity (Wildman–Crippen MR) is 134 cm³/mol. The quantitative estimate of drug-likeness (QED) is 0.326. The number of nitrogens with zero attached hydrogens (tertiary/aromatic N) is 1. The molecule has 1 aliphatic rings. The van der Waals surface area contributed by atoms with E-state index in [2.05, 4.69) is 10.5 Å². The van der Waals surface area contributed by atoms with Gasteiger partial charge in [-0.15, -0.1) is 0 Å². The standard InChI is InChI=1S/C29H26N2O5/c1-19-25(18-35-28(34)30-17-20-5-3-2-4-6-20)26(36-31-19)23-9-7-21(8-10-23)22-11-13-24(14-12-22)29(15-16-29)27(32)33/h2-14H,15-18H2,1H3,(H,30,34)(H,32,33). The molecule has 182 valence electrons. The van der Waals surface area contributed by atoms with Crippen LogP contribution in [-0.2, 0) is 28.1 Å². The van der Waals surface area contributed by atoms with Crippen LogP contribution in [0.2, 0.25) is 0 Å². The number of nitrogens with one attached hydrogen (secondary N) is 1. The maximum atomic E-state index is 12.2. The Hall–Kier alpha value is -4.39. The summed E-state index contributed by atoms with van der Waals surface area (Å²) >= 11 is 0. The second-order valence-electron chi connectivity index (χ2n) is 9.03. The Balaban J connectivity index is 1.25. The highest BCUT2D eigenvalue weighted by molar-refractivity contribution is 5.85. The van der Waals surface area contributed by atoms with Gasteiger partial charge in [0.2, 0.25) is 0 Å². The topological polar surface area (TPSA) is 102 Å². The van der Waals surface area contributed by atoms with Gasteiger partial charge in [-0.3, -0.25) is 4.79 Å². The Morgan fingerprint density at radius 2 is 1.56 bits per heavy atom. The number of carboxylic acids is 1. The first kappa shape index (κ1) is 23.4. The van der Waals surface area contributed by atoms with Crippen LogP contribution in [0.25, 0.3) is 22.5 Å². The maximum Gasteiger partial charge on any atom is 0.407 e. The van der Waals surface area contributed by atoms with E-state index in [-0.39, 0.29) is 6.61 Å². The number of aryl methyl sites for hydroxylation is 1. The highest BCUT2D eigenvalue weighted by atomic mass is 16.5. The summed E-state index contributed by atoms with van der Waals surface area (Å²) in [5, 5.41) is 16.3. The Labute approximate surface area is 208 Å². The highest BCUT2D eigenvalue weighted by Gasteiger charge is 2.51. The van der Waals surface area contributed by atoms with Gasteiger partial charge in [0.1, 0.15) is 6.61 Å². The van der Waals surface area contributed by atoms with Gasteiger partial charge in [0.15, 0.2) is 5.76 Å². The van der Waals surface area contributed by atoms with Crippen molar-refractivity contribution < 1.29 is 24.0 Å². The average molecular weight is 483 g/mol. The monoisotopic (exact) mass is 482 g/mol. The molecule has 7 heteroatoms. The van der Waals surface area contributed by atoms with Gasteiger partial charge < -0.3 is 19.7 Å². The van der Waals surface area contributed by atoms with Crippen LogP contribution < -0.4 is 5.32 Å². The van der Waals surface area contributed by atoms with Gasteiger partial charge in [-0.05, 0) is 42.0 Å². The second kappa shape index (κ2) is 9.70. The van der Waals surface area contributed by atoms with E-state index in [1.807, 2.05) is 85.8 Å². The molecule has 36 heavy (non-hydrogen) atoms. The molecule has 0 spiro atoms. The van der Waals surface area contributed by atoms with E-state index in [1.165, 1.54) is 0 Å². The SMILES string of the molecule is Cc1noc(-c2ccc(-c3ccc(C4(C(=O)O)CC4)cc3)cc2)c1COC(=O)NCc1ccccc1. The van der Waals surface area contributed by atoms with Crippen molar-refractivity contribution in [1.82, 2.24) is 10.5 Å². The lowest BCUT2D eigenvalue weighted by Gasteiger charge is -2.11. The molecule has 0 radical (unpaired) electrons. The molecule has 2 N–H and O–H groups in total. The molecule has 1 heterocycles. The third-order valence-electron chi connectivity index (χ3n) is 6.69. The zero-order valence-corrected chi connectivity index (χ0v) is 19.9. The summed E-state index contributed by atoms with van der Waals surface area (Å²) in [7, 11) is 0. The molecule has 7 nitrogen and oxygen atoms in total. The second-order valence-corrected chi connectivity index (χ2v) is 9.03. The number of aliphatic carboxylic acids is 1. The fourth-order valence-corrected chi connectivity index (χ4v) is 4.29. The van der Waals surface area contributed by atoms with E-state index < -0.39 is 17.5 Å². The van der Waals surface area contributed by atoms with Crippen LogP contribution >= 0.6 is 0 Å². The third-order valence-corrected chi connectivity index (χ3v) is 6.69. The van der Waals surface area contributed by atoms with Gasteiger partial charge in [-0.2, -0.15) is 0 Å². The molecule has 5 rings (SSSR count). The summed E-state index contributed by atoms with van der Waals surface area (Å²) in [5.74, 6) is -0.196. The van der Waals surface area contributed by atoms with E-state index in [1.54, 1.807) is 0 Å². The van der Waals surface area contributed by atoms with E-state index in [9.17, 15) is 14.7 Å². The number of hydrogen-bond acceptors (Lipinski definition) is 5. The van der Waals surface area contributed by atoms with Crippen molar-refractivity contribution in [3.05, 3.63) is 101 Å². The lowest BCUT2D eigenvalue weighted by molar-refractivity contribution is -0.140. The van der Waals surface area contributed by atoms with Gasteiger partial charge in [0, 0.05) is 12.1 Å². The van der Waals surface area contributed by atoms with Crippen molar-refractivity contribution in [3.63, 3.8) is 0 Å². The fraction of sp³-hybridized carbons (Fsp3) is 0.207. The molecule has 1 amide bonds. The summed E-state index contributed by atoms with van der Waals surface area (Å²) < 4.78 is 11.0. The predicted octanol–water partition coefficient (Wildman–Crippen LogP) is 5.86. The largest absolute Gasteiger partial charge is 0.481 e. The van der Waals surface area contributed by atoms with E-state index in [4.69, 9.17) is 9.26 Å². The molecule has 0 atom stereocenters. The first-order chi connectivity index (χ1) is 17.5. The number of ether oxygens (including phenoxy) is 1. The zero-order valence-electron chi connectivity index (χ0n) is 19.9. The molecule has 3 aromatic carbocycles. The number of amides is 1. The molecule has 1 fully saturated rings.